The van der Waals surface area contributed by atoms with Gasteiger partial charge in [-0.05, 0) is 18.2 Å². The quantitative estimate of drug-likeness (QED) is 0.727. The van der Waals surface area contributed by atoms with E-state index in [0.29, 0.717) is 23.9 Å². The average Bonchev–Trinajstić information content (AvgIpc) is 2.35. The van der Waals surface area contributed by atoms with Crippen molar-refractivity contribution in [2.45, 2.75) is 6.42 Å². The maximum atomic E-state index is 11.9. The van der Waals surface area contributed by atoms with Gasteiger partial charge in [0.2, 0.25) is 0 Å². The molecule has 86 valence electrons. The molecule has 0 bridgehead atoms. The highest BCUT2D eigenvalue weighted by Crippen LogP contribution is 2.08. The van der Waals surface area contributed by atoms with Gasteiger partial charge < -0.3 is 10.3 Å². The van der Waals surface area contributed by atoms with Crippen molar-refractivity contribution < 1.29 is 0 Å². The molecule has 0 atom stereocenters. The largest absolute Gasteiger partial charge is 0.330 e. The third-order valence-corrected chi connectivity index (χ3v) is 2.42. The summed E-state index contributed by atoms with van der Waals surface area (Å²) in [7, 11) is 1.68. The molecule has 0 amide bonds. The number of rotatable bonds is 1. The molecule has 0 spiro atoms. The van der Waals surface area contributed by atoms with Gasteiger partial charge in [-0.15, -0.1) is 0 Å². The van der Waals surface area contributed by atoms with Gasteiger partial charge in [-0.3, -0.25) is 4.79 Å². The molecule has 2 N–H and O–H groups in total. The second kappa shape index (κ2) is 4.81. The molecule has 0 saturated heterocycles. The Kier molecular flexibility index (Phi) is 3.22. The summed E-state index contributed by atoms with van der Waals surface area (Å²) in [5, 5.41) is 0.592. The molecular formula is C13H13N3O. The summed E-state index contributed by atoms with van der Waals surface area (Å²) in [6, 6.07) is 5.44. The Bertz CT molecular complexity index is 662. The predicted molar refractivity (Wildman–Crippen MR) is 67.5 cm³/mol. The van der Waals surface area contributed by atoms with E-state index in [1.165, 1.54) is 10.9 Å². The molecule has 1 heterocycles. The van der Waals surface area contributed by atoms with E-state index in [1.807, 2.05) is 12.1 Å². The van der Waals surface area contributed by atoms with Crippen molar-refractivity contribution in [2.24, 2.45) is 12.8 Å². The maximum absolute atomic E-state index is 11.9. The molecule has 0 aliphatic rings. The Labute approximate surface area is 99.1 Å². The molecule has 1 aromatic carbocycles. The van der Waals surface area contributed by atoms with E-state index in [1.54, 1.807) is 13.1 Å². The lowest BCUT2D eigenvalue weighted by Crippen LogP contribution is -2.16. The number of aromatic nitrogens is 2. The normalized spacial score (nSPS) is 10.0. The van der Waals surface area contributed by atoms with E-state index in [9.17, 15) is 4.79 Å². The standard InChI is InChI=1S/C13H13N3O/c1-16-9-15-12-6-5-10(4-2-3-7-14)8-11(12)13(16)17/h5-6,8-9H,3,7,14H2,1H3. The minimum atomic E-state index is -0.0579. The third-order valence-electron chi connectivity index (χ3n) is 2.42. The van der Waals surface area contributed by atoms with Crippen LogP contribution in [0, 0.1) is 11.8 Å². The van der Waals surface area contributed by atoms with Crippen molar-refractivity contribution in [3.05, 3.63) is 40.4 Å². The number of fused-ring (bicyclic) bond motifs is 1. The zero-order chi connectivity index (χ0) is 12.3. The van der Waals surface area contributed by atoms with Gasteiger partial charge in [0, 0.05) is 25.6 Å². The van der Waals surface area contributed by atoms with Crippen molar-refractivity contribution in [1.82, 2.24) is 9.55 Å². The molecule has 0 aliphatic carbocycles. The van der Waals surface area contributed by atoms with E-state index in [-0.39, 0.29) is 5.56 Å². The molecule has 4 heteroatoms. The number of hydrogen-bond donors (Lipinski definition) is 1. The Morgan fingerprint density at radius 2 is 2.29 bits per heavy atom. The van der Waals surface area contributed by atoms with Gasteiger partial charge in [0.25, 0.3) is 5.56 Å². The fourth-order valence-corrected chi connectivity index (χ4v) is 1.53. The van der Waals surface area contributed by atoms with Gasteiger partial charge in [-0.25, -0.2) is 4.98 Å². The molecule has 4 nitrogen and oxygen atoms in total. The van der Waals surface area contributed by atoms with Gasteiger partial charge >= 0.3 is 0 Å². The minimum Gasteiger partial charge on any atom is -0.330 e. The topological polar surface area (TPSA) is 60.9 Å². The highest BCUT2D eigenvalue weighted by atomic mass is 16.1. The second-order valence-electron chi connectivity index (χ2n) is 3.73. The van der Waals surface area contributed by atoms with Crippen LogP contribution in [0.1, 0.15) is 12.0 Å². The fourth-order valence-electron chi connectivity index (χ4n) is 1.53. The Morgan fingerprint density at radius 3 is 3.06 bits per heavy atom. The lowest BCUT2D eigenvalue weighted by atomic mass is 10.1. The first kappa shape index (κ1) is 11.4. The molecule has 0 aliphatic heterocycles. The smallest absolute Gasteiger partial charge is 0.260 e. The minimum absolute atomic E-state index is 0.0579. The first-order chi connectivity index (χ1) is 8.22. The molecular weight excluding hydrogens is 214 g/mol. The Hall–Kier alpha value is -2.12. The summed E-state index contributed by atoms with van der Waals surface area (Å²) in [6.07, 6.45) is 2.17. The molecule has 17 heavy (non-hydrogen) atoms. The summed E-state index contributed by atoms with van der Waals surface area (Å²) in [5.41, 5.74) is 6.81. The molecule has 2 rings (SSSR count). The number of nitrogens with two attached hydrogens (primary N) is 1. The van der Waals surface area contributed by atoms with Crippen LogP contribution in [0.3, 0.4) is 0 Å². The van der Waals surface area contributed by atoms with Crippen LogP contribution < -0.4 is 11.3 Å². The van der Waals surface area contributed by atoms with Crippen LogP contribution >= 0.6 is 0 Å². The molecule has 0 fully saturated rings. The zero-order valence-corrected chi connectivity index (χ0v) is 9.60. The first-order valence-corrected chi connectivity index (χ1v) is 5.36. The summed E-state index contributed by atoms with van der Waals surface area (Å²) in [5.74, 6) is 5.92. The summed E-state index contributed by atoms with van der Waals surface area (Å²) in [4.78, 5) is 16.0. The average molecular weight is 227 g/mol. The van der Waals surface area contributed by atoms with Crippen LogP contribution in [0.2, 0.25) is 0 Å². The first-order valence-electron chi connectivity index (χ1n) is 5.36. The van der Waals surface area contributed by atoms with Crippen LogP contribution in [-0.4, -0.2) is 16.1 Å². The SMILES string of the molecule is Cn1cnc2ccc(C#CCCN)cc2c1=O. The van der Waals surface area contributed by atoms with E-state index in [0.717, 1.165) is 5.56 Å². The van der Waals surface area contributed by atoms with Crippen LogP contribution in [0.15, 0.2) is 29.3 Å². The van der Waals surface area contributed by atoms with E-state index in [4.69, 9.17) is 5.73 Å². The highest BCUT2D eigenvalue weighted by molar-refractivity contribution is 5.78. The summed E-state index contributed by atoms with van der Waals surface area (Å²) >= 11 is 0. The van der Waals surface area contributed by atoms with Crippen molar-refractivity contribution >= 4 is 10.9 Å². The molecule has 0 radical (unpaired) electrons. The zero-order valence-electron chi connectivity index (χ0n) is 9.60. The van der Waals surface area contributed by atoms with Crippen LogP contribution in [0.5, 0.6) is 0 Å². The van der Waals surface area contributed by atoms with Crippen LogP contribution in [0.4, 0.5) is 0 Å². The lowest BCUT2D eigenvalue weighted by Gasteiger charge is -2.00. The molecule has 2 aromatic rings. The third kappa shape index (κ3) is 2.35. The number of nitrogens with zero attached hydrogens (tertiary/aromatic N) is 2. The van der Waals surface area contributed by atoms with Crippen molar-refractivity contribution in [2.75, 3.05) is 6.54 Å². The van der Waals surface area contributed by atoms with Gasteiger partial charge in [0.15, 0.2) is 0 Å². The second-order valence-corrected chi connectivity index (χ2v) is 3.73. The van der Waals surface area contributed by atoms with E-state index < -0.39 is 0 Å². The maximum Gasteiger partial charge on any atom is 0.260 e. The van der Waals surface area contributed by atoms with Crippen molar-refractivity contribution in [3.8, 4) is 11.8 Å². The van der Waals surface area contributed by atoms with Crippen LogP contribution in [-0.2, 0) is 7.05 Å². The van der Waals surface area contributed by atoms with Crippen LogP contribution in [0.25, 0.3) is 10.9 Å². The van der Waals surface area contributed by atoms with Gasteiger partial charge in [-0.1, -0.05) is 11.8 Å². The van der Waals surface area contributed by atoms with Crippen molar-refractivity contribution in [1.29, 1.82) is 0 Å². The van der Waals surface area contributed by atoms with E-state index in [2.05, 4.69) is 16.8 Å². The number of hydrogen-bond acceptors (Lipinski definition) is 3. The molecule has 1 aromatic heterocycles. The van der Waals surface area contributed by atoms with Gasteiger partial charge in [0.1, 0.15) is 0 Å². The highest BCUT2D eigenvalue weighted by Gasteiger charge is 2.01. The number of benzene rings is 1. The summed E-state index contributed by atoms with van der Waals surface area (Å²) < 4.78 is 1.46. The Balaban J connectivity index is 2.54. The van der Waals surface area contributed by atoms with Crippen molar-refractivity contribution in [3.63, 3.8) is 0 Å². The summed E-state index contributed by atoms with van der Waals surface area (Å²) in [6.45, 7) is 0.546. The van der Waals surface area contributed by atoms with Gasteiger partial charge in [0.05, 0.1) is 17.2 Å². The van der Waals surface area contributed by atoms with Gasteiger partial charge in [-0.2, -0.15) is 0 Å². The lowest BCUT2D eigenvalue weighted by molar-refractivity contribution is 0.843. The predicted octanol–water partition coefficient (Wildman–Crippen LogP) is 0.634. The molecule has 0 saturated carbocycles. The fraction of sp³-hybridized carbons (Fsp3) is 0.231. The Morgan fingerprint density at radius 1 is 1.47 bits per heavy atom. The van der Waals surface area contributed by atoms with E-state index >= 15 is 0 Å². The monoisotopic (exact) mass is 227 g/mol. The molecule has 0 unspecified atom stereocenters. The number of aryl methyl sites for hydroxylation is 1.